The molecule has 1 aromatic rings. The number of carbonyl (C=O) groups excluding carboxylic acids is 1. The van der Waals surface area contributed by atoms with E-state index in [0.717, 1.165) is 29.9 Å². The van der Waals surface area contributed by atoms with Crippen molar-refractivity contribution in [2.24, 2.45) is 5.73 Å². The highest BCUT2D eigenvalue weighted by atomic mass is 35.5. The summed E-state index contributed by atoms with van der Waals surface area (Å²) in [6.45, 7) is 0.543. The predicted octanol–water partition coefficient (Wildman–Crippen LogP) is 1.28. The standard InChI is InChI=1S/C14H20N2O3.ClH/c1-18-11-3-4-12(19-2)10(9-11)5-8-16-13(17)14(15)6-7-14;/h3-4,9H,5-8,15H2,1-2H3,(H,16,17);1H. The van der Waals surface area contributed by atoms with Gasteiger partial charge in [-0.3, -0.25) is 4.79 Å². The lowest BCUT2D eigenvalue weighted by Crippen LogP contribution is -2.43. The summed E-state index contributed by atoms with van der Waals surface area (Å²) >= 11 is 0. The third-order valence-corrected chi connectivity index (χ3v) is 3.41. The van der Waals surface area contributed by atoms with Gasteiger partial charge in [0, 0.05) is 6.54 Å². The number of hydrogen-bond donors (Lipinski definition) is 2. The Morgan fingerprint density at radius 2 is 2.05 bits per heavy atom. The van der Waals surface area contributed by atoms with E-state index in [4.69, 9.17) is 15.2 Å². The summed E-state index contributed by atoms with van der Waals surface area (Å²) in [4.78, 5) is 11.7. The molecule has 0 radical (unpaired) electrons. The maximum atomic E-state index is 11.7. The highest BCUT2D eigenvalue weighted by molar-refractivity contribution is 5.88. The molecule has 5 nitrogen and oxygen atoms in total. The zero-order chi connectivity index (χ0) is 13.9. The van der Waals surface area contributed by atoms with Crippen LogP contribution in [0.1, 0.15) is 18.4 Å². The van der Waals surface area contributed by atoms with Gasteiger partial charge >= 0.3 is 0 Å². The fraction of sp³-hybridized carbons (Fsp3) is 0.500. The molecule has 112 valence electrons. The van der Waals surface area contributed by atoms with Crippen LogP contribution in [-0.4, -0.2) is 32.2 Å². The largest absolute Gasteiger partial charge is 0.497 e. The lowest BCUT2D eigenvalue weighted by atomic mass is 10.1. The summed E-state index contributed by atoms with van der Waals surface area (Å²) in [6.07, 6.45) is 2.24. The van der Waals surface area contributed by atoms with E-state index in [2.05, 4.69) is 5.32 Å². The Morgan fingerprint density at radius 3 is 2.60 bits per heavy atom. The van der Waals surface area contributed by atoms with Crippen LogP contribution in [0.25, 0.3) is 0 Å². The molecule has 0 aliphatic heterocycles. The molecule has 1 aromatic carbocycles. The normalized spacial score (nSPS) is 14.9. The van der Waals surface area contributed by atoms with Crippen LogP contribution >= 0.6 is 12.4 Å². The first-order valence-corrected chi connectivity index (χ1v) is 6.37. The Labute approximate surface area is 125 Å². The van der Waals surface area contributed by atoms with Gasteiger partial charge in [0.25, 0.3) is 0 Å². The molecule has 1 aliphatic rings. The second kappa shape index (κ2) is 6.81. The molecule has 0 bridgehead atoms. The van der Waals surface area contributed by atoms with Crippen LogP contribution in [0, 0.1) is 0 Å². The van der Waals surface area contributed by atoms with Crippen LogP contribution in [0.5, 0.6) is 11.5 Å². The van der Waals surface area contributed by atoms with Crippen LogP contribution in [0.4, 0.5) is 0 Å². The monoisotopic (exact) mass is 300 g/mol. The zero-order valence-electron chi connectivity index (χ0n) is 11.8. The number of hydrogen-bond acceptors (Lipinski definition) is 4. The number of nitrogens with two attached hydrogens (primary N) is 1. The van der Waals surface area contributed by atoms with Crippen LogP contribution in [-0.2, 0) is 11.2 Å². The van der Waals surface area contributed by atoms with E-state index in [1.54, 1.807) is 14.2 Å². The second-order valence-electron chi connectivity index (χ2n) is 4.84. The summed E-state index contributed by atoms with van der Waals surface area (Å²) in [5.41, 5.74) is 6.21. The first kappa shape index (κ1) is 16.6. The van der Waals surface area contributed by atoms with Crippen LogP contribution in [0.15, 0.2) is 18.2 Å². The number of nitrogens with one attached hydrogen (secondary N) is 1. The van der Waals surface area contributed by atoms with E-state index in [0.29, 0.717) is 13.0 Å². The molecular formula is C14H21ClN2O3. The van der Waals surface area contributed by atoms with Gasteiger partial charge in [-0.15, -0.1) is 12.4 Å². The van der Waals surface area contributed by atoms with Crippen molar-refractivity contribution in [1.29, 1.82) is 0 Å². The SMILES string of the molecule is COc1ccc(OC)c(CCNC(=O)C2(N)CC2)c1.Cl. The topological polar surface area (TPSA) is 73.6 Å². The molecule has 0 saturated heterocycles. The van der Waals surface area contributed by atoms with Crippen molar-refractivity contribution >= 4 is 18.3 Å². The minimum Gasteiger partial charge on any atom is -0.497 e. The fourth-order valence-electron chi connectivity index (χ4n) is 1.93. The molecule has 0 atom stereocenters. The Hall–Kier alpha value is -1.46. The third kappa shape index (κ3) is 3.77. The van der Waals surface area contributed by atoms with Gasteiger partial charge < -0.3 is 20.5 Å². The minimum atomic E-state index is -0.613. The molecule has 0 spiro atoms. The molecule has 0 aromatic heterocycles. The molecular weight excluding hydrogens is 280 g/mol. The summed E-state index contributed by atoms with van der Waals surface area (Å²) in [5, 5.41) is 2.86. The first-order valence-electron chi connectivity index (χ1n) is 6.37. The molecule has 20 heavy (non-hydrogen) atoms. The first-order chi connectivity index (χ1) is 9.09. The van der Waals surface area contributed by atoms with Gasteiger partial charge in [0.2, 0.25) is 5.91 Å². The highest BCUT2D eigenvalue weighted by Gasteiger charge is 2.45. The fourth-order valence-corrected chi connectivity index (χ4v) is 1.93. The van der Waals surface area contributed by atoms with Crippen molar-refractivity contribution in [3.8, 4) is 11.5 Å². The number of rotatable bonds is 6. The van der Waals surface area contributed by atoms with Gasteiger partial charge in [-0.25, -0.2) is 0 Å². The average molecular weight is 301 g/mol. The average Bonchev–Trinajstić information content (AvgIpc) is 3.17. The molecule has 0 heterocycles. The second-order valence-corrected chi connectivity index (χ2v) is 4.84. The Balaban J connectivity index is 0.00000200. The molecule has 0 unspecified atom stereocenters. The lowest BCUT2D eigenvalue weighted by molar-refractivity contribution is -0.123. The van der Waals surface area contributed by atoms with Gasteiger partial charge in [0.1, 0.15) is 11.5 Å². The van der Waals surface area contributed by atoms with Gasteiger partial charge in [-0.2, -0.15) is 0 Å². The summed E-state index contributed by atoms with van der Waals surface area (Å²) in [6, 6.07) is 5.63. The van der Waals surface area contributed by atoms with Crippen LogP contribution in [0.3, 0.4) is 0 Å². The number of halogens is 1. The molecule has 2 rings (SSSR count). The van der Waals surface area contributed by atoms with E-state index in [1.807, 2.05) is 18.2 Å². The summed E-state index contributed by atoms with van der Waals surface area (Å²) < 4.78 is 10.5. The van der Waals surface area contributed by atoms with Crippen molar-refractivity contribution in [3.63, 3.8) is 0 Å². The van der Waals surface area contributed by atoms with Crippen molar-refractivity contribution in [1.82, 2.24) is 5.32 Å². The van der Waals surface area contributed by atoms with Crippen molar-refractivity contribution in [2.45, 2.75) is 24.8 Å². The number of amides is 1. The van der Waals surface area contributed by atoms with Crippen LogP contribution < -0.4 is 20.5 Å². The number of carbonyl (C=O) groups is 1. The van der Waals surface area contributed by atoms with E-state index in [1.165, 1.54) is 0 Å². The summed E-state index contributed by atoms with van der Waals surface area (Å²) in [7, 11) is 3.25. The van der Waals surface area contributed by atoms with E-state index in [-0.39, 0.29) is 18.3 Å². The molecule has 1 amide bonds. The van der Waals surface area contributed by atoms with Gasteiger partial charge in [0.05, 0.1) is 19.8 Å². The Bertz CT molecular complexity index is 475. The van der Waals surface area contributed by atoms with Crippen molar-refractivity contribution < 1.29 is 14.3 Å². The van der Waals surface area contributed by atoms with Crippen molar-refractivity contribution in [2.75, 3.05) is 20.8 Å². The molecule has 6 heteroatoms. The maximum Gasteiger partial charge on any atom is 0.240 e. The quantitative estimate of drug-likeness (QED) is 0.830. The smallest absolute Gasteiger partial charge is 0.240 e. The van der Waals surface area contributed by atoms with Crippen LogP contribution in [0.2, 0.25) is 0 Å². The van der Waals surface area contributed by atoms with E-state index in [9.17, 15) is 4.79 Å². The number of benzene rings is 1. The van der Waals surface area contributed by atoms with Crippen molar-refractivity contribution in [3.05, 3.63) is 23.8 Å². The number of methoxy groups -OCH3 is 2. The Morgan fingerprint density at radius 1 is 1.35 bits per heavy atom. The predicted molar refractivity (Wildman–Crippen MR) is 79.7 cm³/mol. The van der Waals surface area contributed by atoms with Gasteiger partial charge in [0.15, 0.2) is 0 Å². The molecule has 1 fully saturated rings. The summed E-state index contributed by atoms with van der Waals surface area (Å²) in [5.74, 6) is 1.51. The lowest BCUT2D eigenvalue weighted by Gasteiger charge is -2.12. The highest BCUT2D eigenvalue weighted by Crippen LogP contribution is 2.32. The third-order valence-electron chi connectivity index (χ3n) is 3.41. The Kier molecular flexibility index (Phi) is 5.65. The maximum absolute atomic E-state index is 11.7. The van der Waals surface area contributed by atoms with Gasteiger partial charge in [-0.1, -0.05) is 0 Å². The molecule has 1 saturated carbocycles. The van der Waals surface area contributed by atoms with E-state index >= 15 is 0 Å². The zero-order valence-corrected chi connectivity index (χ0v) is 12.6. The van der Waals surface area contributed by atoms with Gasteiger partial charge in [-0.05, 0) is 43.0 Å². The number of ether oxygens (including phenoxy) is 2. The minimum absolute atomic E-state index is 0. The molecule has 1 aliphatic carbocycles. The molecule has 3 N–H and O–H groups in total. The van der Waals surface area contributed by atoms with E-state index < -0.39 is 5.54 Å².